The fraction of sp³-hybridized carbons (Fsp3) is 0.389. The molecule has 25 heavy (non-hydrogen) atoms. The van der Waals surface area contributed by atoms with Crippen molar-refractivity contribution in [3.63, 3.8) is 0 Å². The van der Waals surface area contributed by atoms with Gasteiger partial charge in [0, 0.05) is 17.8 Å². The number of unbranched alkanes of at least 4 members (excludes halogenated alkanes) is 1. The lowest BCUT2D eigenvalue weighted by Gasteiger charge is -2.09. The molecule has 134 valence electrons. The summed E-state index contributed by atoms with van der Waals surface area (Å²) in [5.74, 6) is -0.697. The molecule has 0 atom stereocenters. The molecule has 0 saturated heterocycles. The number of halogens is 1. The number of nitrogens with one attached hydrogen (secondary N) is 2. The van der Waals surface area contributed by atoms with E-state index in [1.54, 1.807) is 24.3 Å². The largest absolute Gasteiger partial charge is 0.325 e. The van der Waals surface area contributed by atoms with Crippen LogP contribution < -0.4 is 10.6 Å². The Bertz CT molecular complexity index is 770. The molecule has 0 aliphatic heterocycles. The standard InChI is InChI=1S/C18H23ClN4O2/c1-4-5-9-23-13(3)17(12(2)22-23)21-18(25)14-7-6-8-15(10-14)20-16(24)11-19/h6-8,10H,4-5,9,11H2,1-3H3,(H,20,24)(H,21,25). The van der Waals surface area contributed by atoms with Crippen LogP contribution in [0.3, 0.4) is 0 Å². The van der Waals surface area contributed by atoms with E-state index in [-0.39, 0.29) is 17.7 Å². The second-order valence-corrected chi connectivity index (χ2v) is 6.11. The van der Waals surface area contributed by atoms with Crippen LogP contribution in [0.5, 0.6) is 0 Å². The molecule has 1 aromatic heterocycles. The topological polar surface area (TPSA) is 76.0 Å². The lowest BCUT2D eigenvalue weighted by atomic mass is 10.1. The summed E-state index contributed by atoms with van der Waals surface area (Å²) >= 11 is 5.48. The number of benzene rings is 1. The van der Waals surface area contributed by atoms with Crippen molar-refractivity contribution in [2.24, 2.45) is 0 Å². The zero-order valence-corrected chi connectivity index (χ0v) is 15.5. The number of rotatable bonds is 7. The van der Waals surface area contributed by atoms with Crippen LogP contribution in [0.1, 0.15) is 41.5 Å². The minimum absolute atomic E-state index is 0.133. The third-order valence-corrected chi connectivity index (χ3v) is 4.12. The van der Waals surface area contributed by atoms with Crippen molar-refractivity contribution in [1.29, 1.82) is 0 Å². The number of hydrogen-bond donors (Lipinski definition) is 2. The Morgan fingerprint density at radius 1 is 1.24 bits per heavy atom. The summed E-state index contributed by atoms with van der Waals surface area (Å²) < 4.78 is 1.92. The smallest absolute Gasteiger partial charge is 0.255 e. The average Bonchev–Trinajstić information content (AvgIpc) is 2.87. The summed E-state index contributed by atoms with van der Waals surface area (Å²) in [4.78, 5) is 23.9. The first-order valence-corrected chi connectivity index (χ1v) is 8.81. The number of aromatic nitrogens is 2. The number of alkyl halides is 1. The Labute approximate surface area is 152 Å². The summed E-state index contributed by atoms with van der Waals surface area (Å²) in [6.45, 7) is 6.79. The minimum Gasteiger partial charge on any atom is -0.325 e. The van der Waals surface area contributed by atoms with E-state index < -0.39 is 0 Å². The molecule has 1 aromatic carbocycles. The van der Waals surface area contributed by atoms with Crippen molar-refractivity contribution < 1.29 is 9.59 Å². The van der Waals surface area contributed by atoms with Crippen LogP contribution in [-0.4, -0.2) is 27.5 Å². The molecule has 0 spiro atoms. The van der Waals surface area contributed by atoms with Gasteiger partial charge >= 0.3 is 0 Å². The molecule has 0 saturated carbocycles. The molecule has 2 amide bonds. The van der Waals surface area contributed by atoms with Crippen molar-refractivity contribution in [3.05, 3.63) is 41.2 Å². The Kier molecular flexibility index (Phi) is 6.58. The zero-order valence-electron chi connectivity index (χ0n) is 14.7. The number of hydrogen-bond acceptors (Lipinski definition) is 3. The highest BCUT2D eigenvalue weighted by molar-refractivity contribution is 6.29. The van der Waals surface area contributed by atoms with E-state index in [0.29, 0.717) is 11.3 Å². The fourth-order valence-electron chi connectivity index (χ4n) is 2.52. The van der Waals surface area contributed by atoms with Gasteiger partial charge in [-0.3, -0.25) is 14.3 Å². The zero-order chi connectivity index (χ0) is 18.4. The van der Waals surface area contributed by atoms with Crippen LogP contribution in [-0.2, 0) is 11.3 Å². The van der Waals surface area contributed by atoms with Crippen LogP contribution in [0.2, 0.25) is 0 Å². The Morgan fingerprint density at radius 3 is 2.68 bits per heavy atom. The highest BCUT2D eigenvalue weighted by Crippen LogP contribution is 2.21. The number of anilines is 2. The van der Waals surface area contributed by atoms with Gasteiger partial charge in [0.25, 0.3) is 5.91 Å². The Balaban J connectivity index is 2.16. The van der Waals surface area contributed by atoms with Crippen LogP contribution in [0.25, 0.3) is 0 Å². The molecule has 6 nitrogen and oxygen atoms in total. The van der Waals surface area contributed by atoms with E-state index in [2.05, 4.69) is 22.7 Å². The van der Waals surface area contributed by atoms with Crippen molar-refractivity contribution in [2.75, 3.05) is 16.5 Å². The predicted octanol–water partition coefficient (Wildman–Crippen LogP) is 3.73. The molecule has 0 radical (unpaired) electrons. The number of amides is 2. The van der Waals surface area contributed by atoms with Crippen LogP contribution >= 0.6 is 11.6 Å². The summed E-state index contributed by atoms with van der Waals surface area (Å²) in [7, 11) is 0. The minimum atomic E-state index is -0.317. The van der Waals surface area contributed by atoms with Gasteiger partial charge in [-0.1, -0.05) is 19.4 Å². The van der Waals surface area contributed by atoms with Gasteiger partial charge in [-0.05, 0) is 38.5 Å². The highest BCUT2D eigenvalue weighted by atomic mass is 35.5. The summed E-state index contributed by atoms with van der Waals surface area (Å²) in [6.07, 6.45) is 2.12. The third kappa shape index (κ3) is 4.82. The van der Waals surface area contributed by atoms with Crippen LogP contribution in [0.4, 0.5) is 11.4 Å². The molecule has 2 aromatic rings. The van der Waals surface area contributed by atoms with Gasteiger partial charge in [-0.15, -0.1) is 11.6 Å². The lowest BCUT2D eigenvalue weighted by Crippen LogP contribution is -2.15. The van der Waals surface area contributed by atoms with Crippen molar-refractivity contribution in [2.45, 2.75) is 40.2 Å². The molecule has 1 heterocycles. The average molecular weight is 363 g/mol. The highest BCUT2D eigenvalue weighted by Gasteiger charge is 2.15. The Hall–Kier alpha value is -2.34. The SMILES string of the molecule is CCCCn1nc(C)c(NC(=O)c2cccc(NC(=O)CCl)c2)c1C. The molecule has 0 fully saturated rings. The van der Waals surface area contributed by atoms with E-state index in [1.807, 2.05) is 18.5 Å². The molecule has 2 rings (SSSR count). The molecule has 7 heteroatoms. The monoisotopic (exact) mass is 362 g/mol. The number of aryl methyl sites for hydroxylation is 2. The van der Waals surface area contributed by atoms with Gasteiger partial charge in [-0.25, -0.2) is 0 Å². The van der Waals surface area contributed by atoms with Crippen molar-refractivity contribution >= 4 is 34.8 Å². The third-order valence-electron chi connectivity index (χ3n) is 3.87. The summed E-state index contributed by atoms with van der Waals surface area (Å²) in [6, 6.07) is 6.73. The van der Waals surface area contributed by atoms with Crippen LogP contribution in [0, 0.1) is 13.8 Å². The summed E-state index contributed by atoms with van der Waals surface area (Å²) in [5, 5.41) is 10.1. The molecule has 2 N–H and O–H groups in total. The lowest BCUT2D eigenvalue weighted by molar-refractivity contribution is -0.113. The predicted molar refractivity (Wildman–Crippen MR) is 100 cm³/mol. The van der Waals surface area contributed by atoms with Gasteiger partial charge in [0.05, 0.1) is 17.1 Å². The number of nitrogens with zero attached hydrogens (tertiary/aromatic N) is 2. The molecule has 0 aliphatic rings. The normalized spacial score (nSPS) is 10.6. The van der Waals surface area contributed by atoms with E-state index in [0.717, 1.165) is 36.5 Å². The number of carbonyl (C=O) groups excluding carboxylic acids is 2. The molecule has 0 bridgehead atoms. The van der Waals surface area contributed by atoms with E-state index in [1.165, 1.54) is 0 Å². The van der Waals surface area contributed by atoms with Gasteiger partial charge in [0.1, 0.15) is 5.88 Å². The Morgan fingerprint density at radius 2 is 2.00 bits per heavy atom. The summed E-state index contributed by atoms with van der Waals surface area (Å²) in [5.41, 5.74) is 3.44. The van der Waals surface area contributed by atoms with E-state index >= 15 is 0 Å². The maximum Gasteiger partial charge on any atom is 0.255 e. The van der Waals surface area contributed by atoms with Crippen molar-refractivity contribution in [3.8, 4) is 0 Å². The second-order valence-electron chi connectivity index (χ2n) is 5.84. The first-order chi connectivity index (χ1) is 12.0. The molecular formula is C18H23ClN4O2. The quantitative estimate of drug-likeness (QED) is 0.737. The van der Waals surface area contributed by atoms with E-state index in [4.69, 9.17) is 11.6 Å². The van der Waals surface area contributed by atoms with Crippen LogP contribution in [0.15, 0.2) is 24.3 Å². The molecular weight excluding hydrogens is 340 g/mol. The first-order valence-electron chi connectivity index (χ1n) is 8.27. The first kappa shape index (κ1) is 19.0. The number of carbonyl (C=O) groups is 2. The maximum atomic E-state index is 12.6. The maximum absolute atomic E-state index is 12.6. The second kappa shape index (κ2) is 8.67. The molecule has 0 unspecified atom stereocenters. The van der Waals surface area contributed by atoms with Gasteiger partial charge in [0.15, 0.2) is 0 Å². The molecule has 0 aliphatic carbocycles. The van der Waals surface area contributed by atoms with Gasteiger partial charge in [0.2, 0.25) is 5.91 Å². The fourth-order valence-corrected chi connectivity index (χ4v) is 2.59. The van der Waals surface area contributed by atoms with Crippen molar-refractivity contribution in [1.82, 2.24) is 9.78 Å². The van der Waals surface area contributed by atoms with E-state index in [9.17, 15) is 9.59 Å². The van der Waals surface area contributed by atoms with Gasteiger partial charge < -0.3 is 10.6 Å². The van der Waals surface area contributed by atoms with Gasteiger partial charge in [-0.2, -0.15) is 5.10 Å².